The van der Waals surface area contributed by atoms with Crippen LogP contribution in [-0.2, 0) is 12.7 Å². The molecule has 0 amide bonds. The zero-order chi connectivity index (χ0) is 17.6. The Morgan fingerprint density at radius 3 is 2.13 bits per heavy atom. The molecule has 2 rings (SSSR count). The van der Waals surface area contributed by atoms with Gasteiger partial charge in [-0.1, -0.05) is 23.2 Å². The Balaban J connectivity index is 2.70. The molecule has 126 valence electrons. The molecule has 12 heteroatoms. The maximum absolute atomic E-state index is 13.1. The highest BCUT2D eigenvalue weighted by molar-refractivity contribution is 7.71. The Morgan fingerprint density at radius 2 is 1.65 bits per heavy atom. The maximum Gasteiger partial charge on any atom is 0.452 e. The van der Waals surface area contributed by atoms with Crippen molar-refractivity contribution in [2.24, 2.45) is 0 Å². The van der Waals surface area contributed by atoms with Crippen molar-refractivity contribution in [2.45, 2.75) is 18.9 Å². The highest BCUT2D eigenvalue weighted by Gasteiger charge is 2.40. The number of hydrogen-bond acceptors (Lipinski definition) is 2. The summed E-state index contributed by atoms with van der Waals surface area (Å²) >= 11 is 16.1. The van der Waals surface area contributed by atoms with E-state index >= 15 is 0 Å². The molecule has 0 N–H and O–H groups in total. The highest BCUT2D eigenvalue weighted by Crippen LogP contribution is 2.32. The van der Waals surface area contributed by atoms with Gasteiger partial charge >= 0.3 is 12.4 Å². The van der Waals surface area contributed by atoms with Crippen molar-refractivity contribution < 1.29 is 26.3 Å². The fourth-order valence-electron chi connectivity index (χ4n) is 1.72. The Kier molecular flexibility index (Phi) is 4.71. The summed E-state index contributed by atoms with van der Waals surface area (Å²) in [5.74, 6) is -1.59. The fourth-order valence-corrected chi connectivity index (χ4v) is 2.31. The second kappa shape index (κ2) is 5.99. The van der Waals surface area contributed by atoms with E-state index in [0.29, 0.717) is 4.57 Å². The summed E-state index contributed by atoms with van der Waals surface area (Å²) in [6.45, 7) is -1.75. The van der Waals surface area contributed by atoms with Gasteiger partial charge < -0.3 is 0 Å². The Labute approximate surface area is 140 Å². The van der Waals surface area contributed by atoms with Crippen LogP contribution in [0.4, 0.5) is 26.3 Å². The minimum atomic E-state index is -5.02. The Bertz CT molecular complexity index is 793. The van der Waals surface area contributed by atoms with Crippen LogP contribution >= 0.6 is 35.4 Å². The number of alkyl halides is 6. The van der Waals surface area contributed by atoms with Crippen LogP contribution in [0.1, 0.15) is 5.82 Å². The van der Waals surface area contributed by atoms with Gasteiger partial charge in [-0.15, -0.1) is 5.10 Å². The van der Waals surface area contributed by atoms with Crippen LogP contribution in [0.25, 0.3) is 5.69 Å². The first-order valence-electron chi connectivity index (χ1n) is 5.69. The van der Waals surface area contributed by atoms with E-state index in [1.807, 2.05) is 0 Å². The van der Waals surface area contributed by atoms with Crippen LogP contribution in [0.5, 0.6) is 0 Å². The first kappa shape index (κ1) is 18.1. The van der Waals surface area contributed by atoms with Gasteiger partial charge in [0.1, 0.15) is 6.54 Å². The largest absolute Gasteiger partial charge is 0.452 e. The van der Waals surface area contributed by atoms with Crippen molar-refractivity contribution in [1.82, 2.24) is 14.3 Å². The number of nitrogens with zero attached hydrogens (tertiary/aromatic N) is 3. The van der Waals surface area contributed by atoms with E-state index in [-0.39, 0.29) is 20.4 Å². The monoisotopic (exact) mass is 395 g/mol. The van der Waals surface area contributed by atoms with Gasteiger partial charge in [-0.25, -0.2) is 4.68 Å². The number of hydrogen-bond donors (Lipinski definition) is 0. The molecule has 1 aromatic heterocycles. The lowest BCUT2D eigenvalue weighted by Crippen LogP contribution is -2.19. The van der Waals surface area contributed by atoms with Gasteiger partial charge in [-0.3, -0.25) is 4.57 Å². The topological polar surface area (TPSA) is 22.8 Å². The lowest BCUT2D eigenvalue weighted by molar-refractivity contribution is -0.151. The third-order valence-corrected chi connectivity index (χ3v) is 3.72. The number of halogens is 8. The quantitative estimate of drug-likeness (QED) is 0.509. The van der Waals surface area contributed by atoms with Crippen LogP contribution < -0.4 is 0 Å². The van der Waals surface area contributed by atoms with Gasteiger partial charge in [-0.05, 0) is 30.4 Å². The molecular weight excluding hydrogens is 391 g/mol. The number of rotatable bonds is 2. The van der Waals surface area contributed by atoms with Crippen LogP contribution in [0.15, 0.2) is 18.2 Å². The SMILES string of the molecule is FC(F)(F)Cn1nc(C(F)(F)F)n(-c2ccc(Cl)c(Cl)c2)c1=S. The molecule has 0 aliphatic heterocycles. The highest BCUT2D eigenvalue weighted by atomic mass is 35.5. The van der Waals surface area contributed by atoms with Crippen LogP contribution in [0.3, 0.4) is 0 Å². The zero-order valence-corrected chi connectivity index (χ0v) is 13.0. The van der Waals surface area contributed by atoms with E-state index in [0.717, 1.165) is 12.1 Å². The van der Waals surface area contributed by atoms with E-state index in [4.69, 9.17) is 35.4 Å². The molecule has 1 heterocycles. The molecule has 23 heavy (non-hydrogen) atoms. The van der Waals surface area contributed by atoms with Crippen molar-refractivity contribution in [2.75, 3.05) is 0 Å². The van der Waals surface area contributed by atoms with E-state index < -0.39 is 29.5 Å². The smallest absolute Gasteiger partial charge is 0.264 e. The van der Waals surface area contributed by atoms with Gasteiger partial charge in [-0.2, -0.15) is 26.3 Å². The van der Waals surface area contributed by atoms with E-state index in [9.17, 15) is 26.3 Å². The van der Waals surface area contributed by atoms with Gasteiger partial charge in [0.15, 0.2) is 0 Å². The van der Waals surface area contributed by atoms with Gasteiger partial charge in [0.25, 0.3) is 0 Å². The van der Waals surface area contributed by atoms with Gasteiger partial charge in [0.2, 0.25) is 10.6 Å². The zero-order valence-electron chi connectivity index (χ0n) is 10.7. The molecule has 0 aliphatic rings. The normalized spacial score (nSPS) is 12.7. The lowest BCUT2D eigenvalue weighted by atomic mass is 10.3. The molecule has 3 nitrogen and oxygen atoms in total. The predicted molar refractivity (Wildman–Crippen MR) is 73.5 cm³/mol. The van der Waals surface area contributed by atoms with Crippen molar-refractivity contribution >= 4 is 35.4 Å². The molecule has 0 saturated heterocycles. The summed E-state index contributed by atoms with van der Waals surface area (Å²) in [7, 11) is 0. The minimum absolute atomic E-state index is 0.0562. The van der Waals surface area contributed by atoms with Crippen molar-refractivity contribution in [3.63, 3.8) is 0 Å². The van der Waals surface area contributed by atoms with Crippen LogP contribution in [0, 0.1) is 4.77 Å². The second-order valence-corrected chi connectivity index (χ2v) is 5.49. The third kappa shape index (κ3) is 3.99. The third-order valence-electron chi connectivity index (χ3n) is 2.58. The molecule has 0 atom stereocenters. The molecule has 0 fully saturated rings. The summed E-state index contributed by atoms with van der Waals surface area (Å²) in [5, 5.41) is 2.94. The molecule has 0 spiro atoms. The molecule has 0 radical (unpaired) electrons. The summed E-state index contributed by atoms with van der Waals surface area (Å²) in [4.78, 5) is 0. The fraction of sp³-hybridized carbons (Fsp3) is 0.273. The molecule has 2 aromatic rings. The standard InChI is InChI=1S/C11H5Cl2F6N3S/c12-6-2-1-5(3-7(6)13)22-8(11(17,18)19)20-21(9(22)23)4-10(14,15)16/h1-3H,4H2. The van der Waals surface area contributed by atoms with E-state index in [1.54, 1.807) is 0 Å². The molecule has 0 saturated carbocycles. The summed E-state index contributed by atoms with van der Waals surface area (Å²) < 4.78 is 76.1. The maximum atomic E-state index is 13.1. The first-order chi connectivity index (χ1) is 10.4. The average Bonchev–Trinajstić information content (AvgIpc) is 2.68. The number of benzene rings is 1. The summed E-state index contributed by atoms with van der Waals surface area (Å²) in [5.41, 5.74) is -0.204. The number of aromatic nitrogens is 3. The average molecular weight is 396 g/mol. The predicted octanol–water partition coefficient (Wildman–Crippen LogP) is 5.29. The minimum Gasteiger partial charge on any atom is -0.264 e. The Hall–Kier alpha value is -1.26. The Morgan fingerprint density at radius 1 is 1.04 bits per heavy atom. The van der Waals surface area contributed by atoms with Crippen LogP contribution in [0.2, 0.25) is 10.0 Å². The summed E-state index contributed by atoms with van der Waals surface area (Å²) in [6.07, 6.45) is -9.80. The molecule has 0 unspecified atom stereocenters. The van der Waals surface area contributed by atoms with Gasteiger partial charge in [0.05, 0.1) is 15.7 Å². The summed E-state index contributed by atoms with van der Waals surface area (Å²) in [6, 6.07) is 3.38. The first-order valence-corrected chi connectivity index (χ1v) is 6.86. The second-order valence-electron chi connectivity index (χ2n) is 4.31. The molecule has 0 bridgehead atoms. The van der Waals surface area contributed by atoms with Crippen molar-refractivity contribution in [1.29, 1.82) is 0 Å². The molecule has 1 aromatic carbocycles. The molecule has 0 aliphatic carbocycles. The molecular formula is C11H5Cl2F6N3S. The van der Waals surface area contributed by atoms with Crippen molar-refractivity contribution in [3.05, 3.63) is 38.8 Å². The van der Waals surface area contributed by atoms with Crippen LogP contribution in [-0.4, -0.2) is 20.5 Å². The van der Waals surface area contributed by atoms with Gasteiger partial charge in [0, 0.05) is 0 Å². The van der Waals surface area contributed by atoms with E-state index in [1.165, 1.54) is 6.07 Å². The van der Waals surface area contributed by atoms with Crippen molar-refractivity contribution in [3.8, 4) is 5.69 Å². The lowest BCUT2D eigenvalue weighted by Gasteiger charge is -2.09. The van der Waals surface area contributed by atoms with E-state index in [2.05, 4.69) is 5.10 Å².